The van der Waals surface area contributed by atoms with E-state index in [1.807, 2.05) is 36.4 Å². The minimum atomic E-state index is -0.716. The maximum absolute atomic E-state index is 11.7. The Hall–Kier alpha value is -2.49. The number of aliphatic carboxylic acids is 1. The van der Waals surface area contributed by atoms with Crippen molar-refractivity contribution in [1.29, 1.82) is 0 Å². The van der Waals surface area contributed by atoms with Crippen LogP contribution in [-0.2, 0) is 17.6 Å². The van der Waals surface area contributed by atoms with E-state index >= 15 is 0 Å². The Kier molecular flexibility index (Phi) is 10.6. The molecular weight excluding hydrogens is 412 g/mol. The number of rotatable bonds is 14. The van der Waals surface area contributed by atoms with Crippen molar-refractivity contribution in [2.75, 3.05) is 13.2 Å². The first-order valence-electron chi connectivity index (χ1n) is 12.8. The van der Waals surface area contributed by atoms with Gasteiger partial charge in [-0.3, -0.25) is 4.79 Å². The SMILES string of the molecule is CCCCC(Cc1ccc(OCCc2ccccc2)c(OCCC2CCCCC2)c1)C(=O)O. The van der Waals surface area contributed by atoms with Gasteiger partial charge in [-0.1, -0.05) is 88.3 Å². The zero-order valence-electron chi connectivity index (χ0n) is 20.1. The van der Waals surface area contributed by atoms with E-state index in [1.165, 1.54) is 37.7 Å². The van der Waals surface area contributed by atoms with Crippen LogP contribution >= 0.6 is 0 Å². The standard InChI is InChI=1S/C29H40O4/c1-2-3-14-26(29(30)31)21-25-15-16-27(32-19-17-23-10-6-4-7-11-23)28(22-25)33-20-18-24-12-8-5-9-13-24/h4,6-7,10-11,15-16,22,24,26H,2-3,5,8-9,12-14,17-21H2,1H3,(H,30,31). The molecule has 0 amide bonds. The zero-order chi connectivity index (χ0) is 23.3. The Bertz CT molecular complexity index is 827. The number of unbranched alkanes of at least 4 members (excludes halogenated alkanes) is 1. The number of hydrogen-bond acceptors (Lipinski definition) is 3. The predicted octanol–water partition coefficient (Wildman–Crippen LogP) is 7.09. The van der Waals surface area contributed by atoms with Gasteiger partial charge in [-0.25, -0.2) is 0 Å². The van der Waals surface area contributed by atoms with Gasteiger partial charge in [-0.2, -0.15) is 0 Å². The van der Waals surface area contributed by atoms with Crippen LogP contribution in [0.3, 0.4) is 0 Å². The lowest BCUT2D eigenvalue weighted by atomic mass is 9.87. The van der Waals surface area contributed by atoms with Crippen LogP contribution in [0.25, 0.3) is 0 Å². The molecule has 0 saturated heterocycles. The van der Waals surface area contributed by atoms with Gasteiger partial charge in [0.25, 0.3) is 0 Å². The van der Waals surface area contributed by atoms with Gasteiger partial charge in [-0.15, -0.1) is 0 Å². The molecule has 0 aliphatic heterocycles. The van der Waals surface area contributed by atoms with E-state index in [0.29, 0.717) is 26.1 Å². The highest BCUT2D eigenvalue weighted by molar-refractivity contribution is 5.70. The fourth-order valence-electron chi connectivity index (χ4n) is 4.69. The van der Waals surface area contributed by atoms with E-state index in [0.717, 1.165) is 48.7 Å². The lowest BCUT2D eigenvalue weighted by molar-refractivity contribution is -0.142. The number of hydrogen-bond donors (Lipinski definition) is 1. The Morgan fingerprint density at radius 2 is 1.73 bits per heavy atom. The summed E-state index contributed by atoms with van der Waals surface area (Å²) in [6, 6.07) is 16.3. The molecule has 33 heavy (non-hydrogen) atoms. The minimum Gasteiger partial charge on any atom is -0.490 e. The van der Waals surface area contributed by atoms with Crippen molar-refractivity contribution in [2.45, 2.75) is 77.6 Å². The number of ether oxygens (including phenoxy) is 2. The summed E-state index contributed by atoms with van der Waals surface area (Å²) in [5.74, 6) is 1.18. The second-order valence-corrected chi connectivity index (χ2v) is 9.39. The summed E-state index contributed by atoms with van der Waals surface area (Å²) in [5.41, 5.74) is 2.25. The molecule has 1 aliphatic carbocycles. The lowest BCUT2D eigenvalue weighted by Gasteiger charge is -2.22. The van der Waals surface area contributed by atoms with Gasteiger partial charge in [0.15, 0.2) is 11.5 Å². The first-order valence-corrected chi connectivity index (χ1v) is 12.8. The molecule has 0 radical (unpaired) electrons. The van der Waals surface area contributed by atoms with Crippen molar-refractivity contribution in [2.24, 2.45) is 11.8 Å². The van der Waals surface area contributed by atoms with Gasteiger partial charge in [-0.05, 0) is 48.4 Å². The van der Waals surface area contributed by atoms with Crippen LogP contribution in [0.4, 0.5) is 0 Å². The molecule has 0 aromatic heterocycles. The topological polar surface area (TPSA) is 55.8 Å². The summed E-state index contributed by atoms with van der Waals surface area (Å²) in [6.45, 7) is 3.36. The molecule has 1 saturated carbocycles. The molecule has 0 heterocycles. The number of carboxylic acids is 1. The van der Waals surface area contributed by atoms with Crippen molar-refractivity contribution in [3.8, 4) is 11.5 Å². The molecule has 0 bridgehead atoms. The van der Waals surface area contributed by atoms with Crippen LogP contribution in [0.5, 0.6) is 11.5 Å². The minimum absolute atomic E-state index is 0.357. The molecule has 1 N–H and O–H groups in total. The molecule has 1 fully saturated rings. The third kappa shape index (κ3) is 8.75. The van der Waals surface area contributed by atoms with Gasteiger partial charge in [0.1, 0.15) is 0 Å². The summed E-state index contributed by atoms with van der Waals surface area (Å²) in [5, 5.41) is 9.64. The quantitative estimate of drug-likeness (QED) is 0.332. The van der Waals surface area contributed by atoms with Crippen LogP contribution in [0.1, 0.15) is 75.8 Å². The molecule has 180 valence electrons. The average Bonchev–Trinajstić information content (AvgIpc) is 2.84. The van der Waals surface area contributed by atoms with Gasteiger partial charge in [0.2, 0.25) is 0 Å². The smallest absolute Gasteiger partial charge is 0.306 e. The summed E-state index contributed by atoms with van der Waals surface area (Å²) < 4.78 is 12.3. The summed E-state index contributed by atoms with van der Waals surface area (Å²) in [4.78, 5) is 11.7. The van der Waals surface area contributed by atoms with Crippen molar-refractivity contribution in [3.05, 3.63) is 59.7 Å². The average molecular weight is 453 g/mol. The summed E-state index contributed by atoms with van der Waals surface area (Å²) in [7, 11) is 0. The molecular formula is C29H40O4. The molecule has 4 heteroatoms. The molecule has 1 aliphatic rings. The van der Waals surface area contributed by atoms with Crippen LogP contribution in [0.15, 0.2) is 48.5 Å². The molecule has 4 nitrogen and oxygen atoms in total. The van der Waals surface area contributed by atoms with E-state index in [1.54, 1.807) is 0 Å². The fraction of sp³-hybridized carbons (Fsp3) is 0.552. The number of carboxylic acid groups (broad SMARTS) is 1. The van der Waals surface area contributed by atoms with Crippen LogP contribution < -0.4 is 9.47 Å². The summed E-state index contributed by atoms with van der Waals surface area (Å²) in [6.07, 6.45) is 11.7. The largest absolute Gasteiger partial charge is 0.490 e. The van der Waals surface area contributed by atoms with E-state index < -0.39 is 5.97 Å². The molecule has 1 atom stereocenters. The Balaban J connectivity index is 1.64. The Morgan fingerprint density at radius 3 is 2.45 bits per heavy atom. The van der Waals surface area contributed by atoms with E-state index in [9.17, 15) is 9.90 Å². The number of carbonyl (C=O) groups is 1. The monoisotopic (exact) mass is 452 g/mol. The fourth-order valence-corrected chi connectivity index (χ4v) is 4.69. The predicted molar refractivity (Wildman–Crippen MR) is 133 cm³/mol. The van der Waals surface area contributed by atoms with Gasteiger partial charge < -0.3 is 14.6 Å². The normalized spacial score (nSPS) is 15.2. The van der Waals surface area contributed by atoms with E-state index in [4.69, 9.17) is 9.47 Å². The van der Waals surface area contributed by atoms with Crippen molar-refractivity contribution in [3.63, 3.8) is 0 Å². The second kappa shape index (κ2) is 13.9. The Labute approximate surface area is 199 Å². The molecule has 1 unspecified atom stereocenters. The highest BCUT2D eigenvalue weighted by Gasteiger charge is 2.19. The first-order chi connectivity index (χ1) is 16.2. The van der Waals surface area contributed by atoms with Crippen molar-refractivity contribution < 1.29 is 19.4 Å². The second-order valence-electron chi connectivity index (χ2n) is 9.39. The third-order valence-corrected chi connectivity index (χ3v) is 6.75. The van der Waals surface area contributed by atoms with Crippen molar-refractivity contribution in [1.82, 2.24) is 0 Å². The van der Waals surface area contributed by atoms with Gasteiger partial charge >= 0.3 is 5.97 Å². The lowest BCUT2D eigenvalue weighted by Crippen LogP contribution is -2.16. The van der Waals surface area contributed by atoms with Gasteiger partial charge in [0.05, 0.1) is 19.1 Å². The van der Waals surface area contributed by atoms with E-state index in [2.05, 4.69) is 19.1 Å². The van der Waals surface area contributed by atoms with Crippen LogP contribution in [-0.4, -0.2) is 24.3 Å². The summed E-state index contributed by atoms with van der Waals surface area (Å²) >= 11 is 0. The van der Waals surface area contributed by atoms with Crippen LogP contribution in [0.2, 0.25) is 0 Å². The highest BCUT2D eigenvalue weighted by atomic mass is 16.5. The number of benzene rings is 2. The first kappa shape index (κ1) is 25.1. The zero-order valence-corrected chi connectivity index (χ0v) is 20.1. The van der Waals surface area contributed by atoms with Crippen LogP contribution in [0, 0.1) is 11.8 Å². The van der Waals surface area contributed by atoms with Crippen molar-refractivity contribution >= 4 is 5.97 Å². The molecule has 2 aromatic rings. The maximum Gasteiger partial charge on any atom is 0.306 e. The highest BCUT2D eigenvalue weighted by Crippen LogP contribution is 2.32. The molecule has 2 aromatic carbocycles. The molecule has 3 rings (SSSR count). The molecule has 0 spiro atoms. The van der Waals surface area contributed by atoms with E-state index in [-0.39, 0.29) is 5.92 Å². The van der Waals surface area contributed by atoms with Gasteiger partial charge in [0, 0.05) is 6.42 Å². The Morgan fingerprint density at radius 1 is 0.970 bits per heavy atom. The maximum atomic E-state index is 11.7. The third-order valence-electron chi connectivity index (χ3n) is 6.75.